The van der Waals surface area contributed by atoms with Crippen LogP contribution in [0.4, 0.5) is 13.2 Å². The Hall–Kier alpha value is -2.30. The molecule has 0 aliphatic heterocycles. The zero-order valence-corrected chi connectivity index (χ0v) is 16.0. The van der Waals surface area contributed by atoms with Crippen molar-refractivity contribution < 1.29 is 30.6 Å². The average molecular weight is 455 g/mol. The van der Waals surface area contributed by atoms with Crippen LogP contribution in [0.1, 0.15) is 11.1 Å². The molecule has 0 bridgehead atoms. The van der Waals surface area contributed by atoms with E-state index in [1.807, 2.05) is 0 Å². The molecule has 0 heterocycles. The molecule has 0 fully saturated rings. The second-order valence-corrected chi connectivity index (χ2v) is 7.39. The number of alkyl halides is 4. The Balaban J connectivity index is 2.36. The average Bonchev–Trinajstić information content (AvgIpc) is 2.63. The molecule has 1 N–H and O–H groups in total. The van der Waals surface area contributed by atoms with Crippen LogP contribution in [0, 0.1) is 0 Å². The van der Waals surface area contributed by atoms with Crippen LogP contribution in [0.25, 0.3) is 0 Å². The monoisotopic (exact) mass is 454 g/mol. The van der Waals surface area contributed by atoms with Crippen LogP contribution in [0.5, 0.6) is 5.75 Å². The molecule has 12 heteroatoms. The summed E-state index contributed by atoms with van der Waals surface area (Å²) >= 11 is 11.2. The van der Waals surface area contributed by atoms with Crippen molar-refractivity contribution in [3.63, 3.8) is 0 Å². The number of carbonyl (C=O) groups excluding carboxylic acids is 1. The van der Waals surface area contributed by atoms with Crippen LogP contribution < -0.4 is 9.61 Å². The molecule has 2 aromatic carbocycles. The van der Waals surface area contributed by atoms with Crippen LogP contribution in [0.15, 0.2) is 53.6 Å². The summed E-state index contributed by atoms with van der Waals surface area (Å²) in [6.07, 6.45) is 0. The van der Waals surface area contributed by atoms with E-state index < -0.39 is 27.3 Å². The second-order valence-electron chi connectivity index (χ2n) is 5.14. The zero-order valence-electron chi connectivity index (χ0n) is 13.7. The lowest BCUT2D eigenvalue weighted by Gasteiger charge is -2.11. The van der Waals surface area contributed by atoms with E-state index in [1.54, 1.807) is 24.3 Å². The summed E-state index contributed by atoms with van der Waals surface area (Å²) in [4.78, 5) is 11.4. The third-order valence-electron chi connectivity index (χ3n) is 3.15. The molecule has 0 unspecified atom stereocenters. The Labute approximate surface area is 168 Å². The highest BCUT2D eigenvalue weighted by Gasteiger charge is 2.48. The second kappa shape index (κ2) is 8.80. The van der Waals surface area contributed by atoms with Gasteiger partial charge in [0.2, 0.25) is 0 Å². The zero-order chi connectivity index (χ0) is 20.9. The van der Waals surface area contributed by atoms with Crippen LogP contribution in [-0.4, -0.2) is 31.4 Å². The third-order valence-corrected chi connectivity index (χ3v) is 4.62. The minimum absolute atomic E-state index is 0.236. The van der Waals surface area contributed by atoms with Gasteiger partial charge in [0.05, 0.1) is 5.71 Å². The van der Waals surface area contributed by atoms with E-state index in [4.69, 9.17) is 23.2 Å². The molecule has 2 rings (SSSR count). The number of hydrogen-bond acceptors (Lipinski definition) is 5. The maximum atomic E-state index is 12.4. The van der Waals surface area contributed by atoms with Crippen molar-refractivity contribution in [3.05, 3.63) is 64.7 Å². The third kappa shape index (κ3) is 5.60. The Morgan fingerprint density at radius 1 is 1.04 bits per heavy atom. The van der Waals surface area contributed by atoms with Gasteiger partial charge in [0.1, 0.15) is 11.6 Å². The van der Waals surface area contributed by atoms with Crippen molar-refractivity contribution in [3.8, 4) is 5.75 Å². The van der Waals surface area contributed by atoms with E-state index in [-0.39, 0.29) is 11.6 Å². The van der Waals surface area contributed by atoms with E-state index in [9.17, 15) is 26.4 Å². The number of hydrogen-bond donors (Lipinski definition) is 1. The number of nitrogens with zero attached hydrogens (tertiary/aromatic N) is 1. The maximum absolute atomic E-state index is 12.4. The molecule has 0 atom stereocenters. The number of benzene rings is 2. The van der Waals surface area contributed by atoms with Gasteiger partial charge in [-0.15, -0.1) is 11.6 Å². The number of carbonyl (C=O) groups is 1. The minimum atomic E-state index is -5.78. The number of nitrogens with one attached hydrogen (secondary N) is 1. The van der Waals surface area contributed by atoms with Crippen molar-refractivity contribution in [2.45, 2.75) is 5.51 Å². The fourth-order valence-corrected chi connectivity index (χ4v) is 2.54. The molecular formula is C16H11Cl2F3N2O4S. The fourth-order valence-electron chi connectivity index (χ4n) is 1.89. The van der Waals surface area contributed by atoms with E-state index >= 15 is 0 Å². The standard InChI is InChI=1S/C16H11Cl2F3N2O4S/c17-9-14(24)22-23-15(10-1-5-12(18)6-2-10)11-3-7-13(8-4-11)27-28(25,26)16(19,20)21/h1-8H,9H2,(H,22,24). The van der Waals surface area contributed by atoms with E-state index in [0.717, 1.165) is 12.1 Å². The summed E-state index contributed by atoms with van der Waals surface area (Å²) in [5, 5.41) is 4.41. The topological polar surface area (TPSA) is 84.8 Å². The van der Waals surface area contributed by atoms with Crippen molar-refractivity contribution >= 4 is 44.9 Å². The van der Waals surface area contributed by atoms with Gasteiger partial charge in [-0.3, -0.25) is 4.79 Å². The Bertz CT molecular complexity index is 976. The number of halogens is 5. The largest absolute Gasteiger partial charge is 0.534 e. The van der Waals surface area contributed by atoms with Crippen molar-refractivity contribution in [1.82, 2.24) is 5.43 Å². The number of hydrazone groups is 1. The van der Waals surface area contributed by atoms with Crippen LogP contribution in [-0.2, 0) is 14.9 Å². The summed E-state index contributed by atoms with van der Waals surface area (Å²) < 4.78 is 63.4. The van der Waals surface area contributed by atoms with Gasteiger partial charge in [0.15, 0.2) is 0 Å². The van der Waals surface area contributed by atoms with E-state index in [1.165, 1.54) is 12.1 Å². The molecule has 0 spiro atoms. The highest BCUT2D eigenvalue weighted by Crippen LogP contribution is 2.27. The lowest BCUT2D eigenvalue weighted by molar-refractivity contribution is -0.118. The summed E-state index contributed by atoms with van der Waals surface area (Å²) in [5.41, 5.74) is -2.21. The Morgan fingerprint density at radius 3 is 2.00 bits per heavy atom. The highest BCUT2D eigenvalue weighted by molar-refractivity contribution is 7.88. The Morgan fingerprint density at radius 2 is 1.54 bits per heavy atom. The molecular weight excluding hydrogens is 444 g/mol. The molecule has 0 aromatic heterocycles. The predicted octanol–water partition coefficient (Wildman–Crippen LogP) is 3.68. The van der Waals surface area contributed by atoms with Gasteiger partial charge in [-0.1, -0.05) is 23.7 Å². The first-order valence-electron chi connectivity index (χ1n) is 7.33. The van der Waals surface area contributed by atoms with Gasteiger partial charge < -0.3 is 4.18 Å². The molecule has 2 aromatic rings. The normalized spacial score (nSPS) is 12.5. The first-order valence-corrected chi connectivity index (χ1v) is 9.65. The molecule has 0 saturated heterocycles. The molecule has 150 valence electrons. The molecule has 0 radical (unpaired) electrons. The van der Waals surface area contributed by atoms with Crippen molar-refractivity contribution in [2.75, 3.05) is 5.88 Å². The lowest BCUT2D eigenvalue weighted by atomic mass is 10.0. The first kappa shape index (κ1) is 22.0. The smallest absolute Gasteiger partial charge is 0.376 e. The molecule has 28 heavy (non-hydrogen) atoms. The van der Waals surface area contributed by atoms with Crippen molar-refractivity contribution in [1.29, 1.82) is 0 Å². The van der Waals surface area contributed by atoms with Gasteiger partial charge >= 0.3 is 15.6 Å². The van der Waals surface area contributed by atoms with Crippen LogP contribution in [0.3, 0.4) is 0 Å². The highest BCUT2D eigenvalue weighted by atomic mass is 35.5. The molecule has 0 saturated carbocycles. The van der Waals surface area contributed by atoms with E-state index in [0.29, 0.717) is 16.1 Å². The van der Waals surface area contributed by atoms with Crippen molar-refractivity contribution in [2.24, 2.45) is 5.10 Å². The summed E-state index contributed by atoms with van der Waals surface area (Å²) in [7, 11) is -5.78. The lowest BCUT2D eigenvalue weighted by Crippen LogP contribution is -2.28. The maximum Gasteiger partial charge on any atom is 0.534 e. The molecule has 1 amide bonds. The number of amides is 1. The van der Waals surface area contributed by atoms with Gasteiger partial charge in [0, 0.05) is 16.1 Å². The van der Waals surface area contributed by atoms with Gasteiger partial charge in [-0.25, -0.2) is 5.43 Å². The number of rotatable bonds is 6. The van der Waals surface area contributed by atoms with Crippen LogP contribution in [0.2, 0.25) is 5.02 Å². The van der Waals surface area contributed by atoms with Gasteiger partial charge in [-0.05, 0) is 36.4 Å². The molecule has 6 nitrogen and oxygen atoms in total. The summed E-state index contributed by atoms with van der Waals surface area (Å²) in [6.45, 7) is 0. The summed E-state index contributed by atoms with van der Waals surface area (Å²) in [5.74, 6) is -1.45. The van der Waals surface area contributed by atoms with Crippen LogP contribution >= 0.6 is 23.2 Å². The predicted molar refractivity (Wildman–Crippen MR) is 98.0 cm³/mol. The van der Waals surface area contributed by atoms with Gasteiger partial charge in [0.25, 0.3) is 5.91 Å². The molecule has 0 aliphatic carbocycles. The SMILES string of the molecule is O=C(CCl)NN=C(c1ccc(Cl)cc1)c1ccc(OS(=O)(=O)C(F)(F)F)cc1. The van der Waals surface area contributed by atoms with Gasteiger partial charge in [-0.2, -0.15) is 26.7 Å². The fraction of sp³-hybridized carbons (Fsp3) is 0.125. The quantitative estimate of drug-likeness (QED) is 0.237. The Kier molecular flexibility index (Phi) is 6.91. The first-order chi connectivity index (χ1) is 13.0. The summed E-state index contributed by atoms with van der Waals surface area (Å²) in [6, 6.07) is 11.0. The molecule has 0 aliphatic rings. The van der Waals surface area contributed by atoms with E-state index in [2.05, 4.69) is 14.7 Å². The minimum Gasteiger partial charge on any atom is -0.376 e.